The maximum atomic E-state index is 13.5. The van der Waals surface area contributed by atoms with E-state index in [0.717, 1.165) is 64.7 Å². The number of nitrogens with zero attached hydrogens (tertiary/aromatic N) is 1. The second kappa shape index (κ2) is 10.3. The molecule has 7 heteroatoms. The number of fused-ring (bicyclic) bond motifs is 1. The average Bonchev–Trinajstić information content (AvgIpc) is 3.50. The highest BCUT2D eigenvalue weighted by Crippen LogP contribution is 2.43. The quantitative estimate of drug-likeness (QED) is 0.335. The highest BCUT2D eigenvalue weighted by Gasteiger charge is 2.31. The molecule has 2 aliphatic rings. The summed E-state index contributed by atoms with van der Waals surface area (Å²) in [5, 5.41) is 1.20. The summed E-state index contributed by atoms with van der Waals surface area (Å²) in [6.45, 7) is 3.86. The maximum Gasteiger partial charge on any atom is 0.180 e. The molecule has 0 radical (unpaired) electrons. The number of likely N-dealkylation sites (tertiary alicyclic amines) is 1. The van der Waals surface area contributed by atoms with Gasteiger partial charge in [-0.3, -0.25) is 9.69 Å². The average molecular weight is 516 g/mol. The third kappa shape index (κ3) is 4.85. The van der Waals surface area contributed by atoms with E-state index in [1.807, 2.05) is 30.3 Å². The first-order valence-electron chi connectivity index (χ1n) is 11.7. The molecule has 0 saturated carbocycles. The highest BCUT2D eigenvalue weighted by molar-refractivity contribution is 7.17. The van der Waals surface area contributed by atoms with Gasteiger partial charge in [0, 0.05) is 27.9 Å². The monoisotopic (exact) mass is 515 g/mol. The number of carbonyl (C=O) groups excluding carboxylic acids is 1. The van der Waals surface area contributed by atoms with Crippen molar-refractivity contribution in [2.45, 2.75) is 31.6 Å². The number of hydrogen-bond acceptors (Lipinski definition) is 5. The summed E-state index contributed by atoms with van der Waals surface area (Å²) in [5.74, 6) is 1.38. The second-order valence-electron chi connectivity index (χ2n) is 8.85. The topological polar surface area (TPSA) is 38.8 Å². The van der Waals surface area contributed by atoms with Crippen LogP contribution in [0.1, 0.15) is 46.0 Å². The Morgan fingerprint density at radius 2 is 1.88 bits per heavy atom. The number of methoxy groups -OCH3 is 1. The van der Waals surface area contributed by atoms with E-state index < -0.39 is 0 Å². The van der Waals surface area contributed by atoms with Crippen LogP contribution in [0.4, 0.5) is 0 Å². The first-order chi connectivity index (χ1) is 16.5. The molecule has 4 nitrogen and oxygen atoms in total. The molecule has 5 rings (SSSR count). The lowest BCUT2D eigenvalue weighted by atomic mass is 9.83. The summed E-state index contributed by atoms with van der Waals surface area (Å²) < 4.78 is 11.6. The third-order valence-electron chi connectivity index (χ3n) is 6.70. The van der Waals surface area contributed by atoms with Crippen molar-refractivity contribution in [3.8, 4) is 21.9 Å². The lowest BCUT2D eigenvalue weighted by Crippen LogP contribution is -2.25. The van der Waals surface area contributed by atoms with Gasteiger partial charge >= 0.3 is 0 Å². The van der Waals surface area contributed by atoms with Gasteiger partial charge in [-0.15, -0.1) is 11.3 Å². The van der Waals surface area contributed by atoms with Crippen LogP contribution >= 0.6 is 34.5 Å². The molecule has 34 heavy (non-hydrogen) atoms. The number of Topliss-reactive ketones (excluding diaryl/α,β-unsaturated/α-hetero) is 1. The van der Waals surface area contributed by atoms with Crippen molar-refractivity contribution in [2.24, 2.45) is 0 Å². The maximum absolute atomic E-state index is 13.5. The molecule has 1 saturated heterocycles. The standard InChI is InChI=1S/C27H27Cl2NO3S/c1-32-24-14-17(5-9-23(24)33-13-12-30-10-2-3-11-30)20-7-4-18-15-25(34-27(18)26(20)31)21-8-6-19(28)16-22(21)29/h5-6,8-9,14-16,20H,2-4,7,10-13H2,1H3. The van der Waals surface area contributed by atoms with Gasteiger partial charge in [0.15, 0.2) is 17.3 Å². The number of carbonyl (C=O) groups is 1. The zero-order chi connectivity index (χ0) is 23.7. The second-order valence-corrected chi connectivity index (χ2v) is 10.7. The summed E-state index contributed by atoms with van der Waals surface area (Å²) in [4.78, 5) is 17.7. The van der Waals surface area contributed by atoms with Crippen LogP contribution in [-0.2, 0) is 6.42 Å². The van der Waals surface area contributed by atoms with Crippen LogP contribution in [0.3, 0.4) is 0 Å². The van der Waals surface area contributed by atoms with Crippen molar-refractivity contribution < 1.29 is 14.3 Å². The Morgan fingerprint density at radius 3 is 2.65 bits per heavy atom. The van der Waals surface area contributed by atoms with E-state index in [1.54, 1.807) is 13.2 Å². The van der Waals surface area contributed by atoms with Gasteiger partial charge < -0.3 is 9.47 Å². The molecule has 178 valence electrons. The van der Waals surface area contributed by atoms with Crippen molar-refractivity contribution in [3.63, 3.8) is 0 Å². The van der Waals surface area contributed by atoms with E-state index in [-0.39, 0.29) is 11.7 Å². The zero-order valence-corrected chi connectivity index (χ0v) is 21.4. The first kappa shape index (κ1) is 23.7. The highest BCUT2D eigenvalue weighted by atomic mass is 35.5. The molecular weight excluding hydrogens is 489 g/mol. The third-order valence-corrected chi connectivity index (χ3v) is 8.48. The molecule has 3 aromatic rings. The molecular formula is C27H27Cl2NO3S. The molecule has 2 heterocycles. The van der Waals surface area contributed by atoms with Crippen LogP contribution in [0.2, 0.25) is 10.0 Å². The number of thiophene rings is 1. The van der Waals surface area contributed by atoms with E-state index in [0.29, 0.717) is 22.4 Å². The minimum atomic E-state index is -0.188. The molecule has 1 fully saturated rings. The molecule has 0 amide bonds. The van der Waals surface area contributed by atoms with Crippen LogP contribution in [0.25, 0.3) is 10.4 Å². The number of aryl methyl sites for hydroxylation is 1. The van der Waals surface area contributed by atoms with E-state index in [2.05, 4.69) is 11.0 Å². The van der Waals surface area contributed by atoms with Crippen LogP contribution in [0, 0.1) is 0 Å². The largest absolute Gasteiger partial charge is 0.493 e. The van der Waals surface area contributed by atoms with Crippen molar-refractivity contribution in [3.05, 3.63) is 68.5 Å². The number of ketones is 1. The Kier molecular flexibility index (Phi) is 7.16. The molecule has 1 aliphatic carbocycles. The van der Waals surface area contributed by atoms with E-state index in [1.165, 1.54) is 24.2 Å². The number of rotatable bonds is 7. The first-order valence-corrected chi connectivity index (χ1v) is 13.3. The summed E-state index contributed by atoms with van der Waals surface area (Å²) in [6.07, 6.45) is 4.17. The van der Waals surface area contributed by atoms with Gasteiger partial charge in [0.25, 0.3) is 0 Å². The molecule has 2 aromatic carbocycles. The van der Waals surface area contributed by atoms with Crippen LogP contribution in [0.5, 0.6) is 11.5 Å². The summed E-state index contributed by atoms with van der Waals surface area (Å²) in [6, 6.07) is 13.5. The van der Waals surface area contributed by atoms with E-state index in [9.17, 15) is 4.79 Å². The molecule has 1 unspecified atom stereocenters. The smallest absolute Gasteiger partial charge is 0.180 e. The Labute approximate surface area is 214 Å². The van der Waals surface area contributed by atoms with Gasteiger partial charge in [-0.05, 0) is 80.2 Å². The summed E-state index contributed by atoms with van der Waals surface area (Å²) in [5.41, 5.74) is 2.98. The molecule has 1 aromatic heterocycles. The van der Waals surface area contributed by atoms with E-state index >= 15 is 0 Å². The van der Waals surface area contributed by atoms with Gasteiger partial charge in [0.2, 0.25) is 0 Å². The van der Waals surface area contributed by atoms with Crippen molar-refractivity contribution in [1.29, 1.82) is 0 Å². The lowest BCUT2D eigenvalue weighted by molar-refractivity contribution is 0.0950. The summed E-state index contributed by atoms with van der Waals surface area (Å²) >= 11 is 14.0. The molecule has 0 N–H and O–H groups in total. The fraction of sp³-hybridized carbons (Fsp3) is 0.370. The van der Waals surface area contributed by atoms with Crippen molar-refractivity contribution in [1.82, 2.24) is 4.90 Å². The fourth-order valence-electron chi connectivity index (χ4n) is 4.86. The number of hydrogen-bond donors (Lipinski definition) is 0. The van der Waals surface area contributed by atoms with E-state index in [4.69, 9.17) is 32.7 Å². The zero-order valence-electron chi connectivity index (χ0n) is 19.1. The normalized spacial score (nSPS) is 18.2. The Bertz CT molecular complexity index is 1200. The molecule has 1 aliphatic heterocycles. The number of benzene rings is 2. The van der Waals surface area contributed by atoms with Gasteiger partial charge in [-0.2, -0.15) is 0 Å². The summed E-state index contributed by atoms with van der Waals surface area (Å²) in [7, 11) is 1.65. The minimum Gasteiger partial charge on any atom is -0.493 e. The van der Waals surface area contributed by atoms with Crippen molar-refractivity contribution in [2.75, 3.05) is 33.4 Å². The van der Waals surface area contributed by atoms with Crippen LogP contribution in [0.15, 0.2) is 42.5 Å². The van der Waals surface area contributed by atoms with Crippen LogP contribution < -0.4 is 9.47 Å². The fourth-order valence-corrected chi connectivity index (χ4v) is 6.67. The van der Waals surface area contributed by atoms with Gasteiger partial charge in [0.1, 0.15) is 6.61 Å². The van der Waals surface area contributed by atoms with Gasteiger partial charge in [-0.25, -0.2) is 0 Å². The minimum absolute atomic E-state index is 0.160. The number of ether oxygens (including phenoxy) is 2. The van der Waals surface area contributed by atoms with Gasteiger partial charge in [-0.1, -0.05) is 35.3 Å². The molecule has 1 atom stereocenters. The predicted molar refractivity (Wildman–Crippen MR) is 139 cm³/mol. The number of halogens is 2. The Hall–Kier alpha value is -2.05. The van der Waals surface area contributed by atoms with Crippen LogP contribution in [-0.4, -0.2) is 44.0 Å². The molecule has 0 bridgehead atoms. The Balaban J connectivity index is 1.33. The predicted octanol–water partition coefficient (Wildman–Crippen LogP) is 7.12. The van der Waals surface area contributed by atoms with Gasteiger partial charge in [0.05, 0.1) is 17.0 Å². The molecule has 0 spiro atoms. The lowest BCUT2D eigenvalue weighted by Gasteiger charge is -2.22. The Morgan fingerprint density at radius 1 is 1.06 bits per heavy atom. The van der Waals surface area contributed by atoms with Crippen molar-refractivity contribution >= 4 is 40.3 Å². The SMILES string of the molecule is COc1cc(C2CCc3cc(-c4ccc(Cl)cc4Cl)sc3C2=O)ccc1OCCN1CCCC1.